The molecule has 0 radical (unpaired) electrons. The number of furan rings is 1. The Labute approximate surface area is 109 Å². The van der Waals surface area contributed by atoms with Crippen LogP contribution in [0.2, 0.25) is 0 Å². The summed E-state index contributed by atoms with van der Waals surface area (Å²) < 4.78 is 11.8. The average Bonchev–Trinajstić information content (AvgIpc) is 2.97. The number of carbonyl (C=O) groups is 1. The van der Waals surface area contributed by atoms with Gasteiger partial charge < -0.3 is 9.15 Å². The second-order valence-corrected chi connectivity index (χ2v) is 5.22. The molecule has 0 saturated carbocycles. The number of carbonyl (C=O) groups excluding carboxylic acids is 1. The van der Waals surface area contributed by atoms with Gasteiger partial charge in [0.15, 0.2) is 0 Å². The molecule has 2 aromatic heterocycles. The maximum absolute atomic E-state index is 11.3. The number of aromatic nitrogens is 2. The third kappa shape index (κ3) is 2.76. The Balaban J connectivity index is 2.07. The van der Waals surface area contributed by atoms with Crippen molar-refractivity contribution in [1.82, 2.24) is 9.78 Å². The quantitative estimate of drug-likeness (QED) is 0.629. The minimum absolute atomic E-state index is 0.104. The summed E-state index contributed by atoms with van der Waals surface area (Å²) in [6, 6.07) is 3.42. The molecule has 0 amide bonds. The first-order valence-corrected chi connectivity index (χ1v) is 6.31. The lowest BCUT2D eigenvalue weighted by atomic mass is 10.3. The van der Waals surface area contributed by atoms with Crippen molar-refractivity contribution in [2.24, 2.45) is 7.05 Å². The number of thioether (sulfide) groups is 1. The lowest BCUT2D eigenvalue weighted by Crippen LogP contribution is -1.98. The van der Waals surface area contributed by atoms with Crippen LogP contribution in [0.5, 0.6) is 0 Å². The van der Waals surface area contributed by atoms with Crippen molar-refractivity contribution in [2.75, 3.05) is 7.11 Å². The third-order valence-corrected chi connectivity index (χ3v) is 3.48. The average molecular weight is 266 g/mol. The highest BCUT2D eigenvalue weighted by molar-refractivity contribution is 7.99. The van der Waals surface area contributed by atoms with Crippen molar-refractivity contribution in [2.45, 2.75) is 17.1 Å². The van der Waals surface area contributed by atoms with Crippen LogP contribution in [0, 0.1) is 0 Å². The van der Waals surface area contributed by atoms with E-state index in [4.69, 9.17) is 4.42 Å². The van der Waals surface area contributed by atoms with Crippen LogP contribution in [-0.4, -0.2) is 22.9 Å². The van der Waals surface area contributed by atoms with Gasteiger partial charge in [-0.3, -0.25) is 4.68 Å². The van der Waals surface area contributed by atoms with E-state index in [0.29, 0.717) is 0 Å². The smallest absolute Gasteiger partial charge is 0.373 e. The highest BCUT2D eigenvalue weighted by Gasteiger charge is 2.16. The molecular formula is C12H14N2O3S. The zero-order valence-electron chi connectivity index (χ0n) is 10.4. The molecule has 0 aliphatic carbocycles. The topological polar surface area (TPSA) is 57.3 Å². The first kappa shape index (κ1) is 12.8. The number of aryl methyl sites for hydroxylation is 1. The summed E-state index contributed by atoms with van der Waals surface area (Å²) in [4.78, 5) is 12.3. The summed E-state index contributed by atoms with van der Waals surface area (Å²) in [5.74, 6) is 0.509. The molecule has 2 heterocycles. The summed E-state index contributed by atoms with van der Waals surface area (Å²) in [5, 5.41) is 4.21. The Morgan fingerprint density at radius 2 is 2.33 bits per heavy atom. The van der Waals surface area contributed by atoms with Crippen molar-refractivity contribution >= 4 is 17.7 Å². The SMILES string of the molecule is COC(=O)c1ccc(C(C)Sc2cnn(C)c2)o1. The van der Waals surface area contributed by atoms with Gasteiger partial charge in [-0.25, -0.2) is 4.79 Å². The second kappa shape index (κ2) is 5.30. The number of esters is 1. The number of methoxy groups -OCH3 is 1. The monoisotopic (exact) mass is 266 g/mol. The van der Waals surface area contributed by atoms with Gasteiger partial charge in [0.25, 0.3) is 0 Å². The molecule has 0 fully saturated rings. The first-order valence-electron chi connectivity index (χ1n) is 5.43. The predicted molar refractivity (Wildman–Crippen MR) is 67.5 cm³/mol. The Morgan fingerprint density at radius 3 is 2.94 bits per heavy atom. The maximum atomic E-state index is 11.3. The van der Waals surface area contributed by atoms with E-state index in [1.54, 1.807) is 34.8 Å². The van der Waals surface area contributed by atoms with E-state index in [1.807, 2.05) is 20.2 Å². The van der Waals surface area contributed by atoms with Crippen LogP contribution in [0.3, 0.4) is 0 Å². The first-order chi connectivity index (χ1) is 8.60. The molecule has 0 aliphatic heterocycles. The molecule has 6 heteroatoms. The van der Waals surface area contributed by atoms with Gasteiger partial charge in [-0.2, -0.15) is 5.10 Å². The Kier molecular flexibility index (Phi) is 3.76. The molecule has 1 atom stereocenters. The van der Waals surface area contributed by atoms with E-state index in [2.05, 4.69) is 9.84 Å². The summed E-state index contributed by atoms with van der Waals surface area (Å²) >= 11 is 1.62. The van der Waals surface area contributed by atoms with Crippen molar-refractivity contribution in [3.8, 4) is 0 Å². The van der Waals surface area contributed by atoms with E-state index in [9.17, 15) is 4.79 Å². The molecule has 0 saturated heterocycles. The van der Waals surface area contributed by atoms with Crippen molar-refractivity contribution in [3.63, 3.8) is 0 Å². The third-order valence-electron chi connectivity index (χ3n) is 2.41. The Hall–Kier alpha value is -1.69. The fourth-order valence-electron chi connectivity index (χ4n) is 1.50. The number of nitrogens with zero attached hydrogens (tertiary/aromatic N) is 2. The van der Waals surface area contributed by atoms with Crippen LogP contribution < -0.4 is 0 Å². The minimum atomic E-state index is -0.458. The molecule has 0 spiro atoms. The van der Waals surface area contributed by atoms with Crippen molar-refractivity contribution in [1.29, 1.82) is 0 Å². The fraction of sp³-hybridized carbons (Fsp3) is 0.333. The highest BCUT2D eigenvalue weighted by Crippen LogP contribution is 2.35. The molecule has 0 aromatic carbocycles. The van der Waals surface area contributed by atoms with Gasteiger partial charge in [0.2, 0.25) is 5.76 Å². The van der Waals surface area contributed by atoms with Gasteiger partial charge in [-0.1, -0.05) is 0 Å². The number of ether oxygens (including phenoxy) is 1. The molecule has 5 nitrogen and oxygen atoms in total. The number of rotatable bonds is 4. The molecular weight excluding hydrogens is 252 g/mol. The predicted octanol–water partition coefficient (Wildman–Crippen LogP) is 2.65. The molecule has 0 N–H and O–H groups in total. The molecule has 96 valence electrons. The van der Waals surface area contributed by atoms with Crippen LogP contribution in [0.4, 0.5) is 0 Å². The van der Waals surface area contributed by atoms with Crippen LogP contribution in [0.1, 0.15) is 28.5 Å². The maximum Gasteiger partial charge on any atom is 0.373 e. The van der Waals surface area contributed by atoms with Gasteiger partial charge in [0, 0.05) is 18.1 Å². The van der Waals surface area contributed by atoms with E-state index >= 15 is 0 Å². The molecule has 1 unspecified atom stereocenters. The summed E-state index contributed by atoms with van der Waals surface area (Å²) in [5.41, 5.74) is 0. The number of hydrogen-bond acceptors (Lipinski definition) is 5. The minimum Gasteiger partial charge on any atom is -0.463 e. The molecule has 0 bridgehead atoms. The summed E-state index contributed by atoms with van der Waals surface area (Å²) in [6.07, 6.45) is 3.73. The van der Waals surface area contributed by atoms with Crippen molar-refractivity contribution in [3.05, 3.63) is 36.0 Å². The molecule has 2 rings (SSSR count). The molecule has 18 heavy (non-hydrogen) atoms. The summed E-state index contributed by atoms with van der Waals surface area (Å²) in [7, 11) is 3.20. The normalized spacial score (nSPS) is 12.4. The van der Waals surface area contributed by atoms with E-state index < -0.39 is 5.97 Å². The van der Waals surface area contributed by atoms with Crippen LogP contribution >= 0.6 is 11.8 Å². The molecule has 2 aromatic rings. The van der Waals surface area contributed by atoms with Crippen LogP contribution in [0.15, 0.2) is 33.8 Å². The zero-order valence-corrected chi connectivity index (χ0v) is 11.2. The van der Waals surface area contributed by atoms with Gasteiger partial charge in [-0.15, -0.1) is 11.8 Å². The summed E-state index contributed by atoms with van der Waals surface area (Å²) in [6.45, 7) is 2.01. The van der Waals surface area contributed by atoms with Crippen LogP contribution in [-0.2, 0) is 11.8 Å². The van der Waals surface area contributed by atoms with Gasteiger partial charge >= 0.3 is 5.97 Å². The largest absolute Gasteiger partial charge is 0.463 e. The standard InChI is InChI=1S/C12H14N2O3S/c1-8(18-9-6-13-14(2)7-9)10-4-5-11(17-10)12(15)16-3/h4-8H,1-3H3. The van der Waals surface area contributed by atoms with E-state index in [0.717, 1.165) is 10.7 Å². The Bertz CT molecular complexity index is 547. The van der Waals surface area contributed by atoms with E-state index in [1.165, 1.54) is 7.11 Å². The van der Waals surface area contributed by atoms with Gasteiger partial charge in [-0.05, 0) is 19.1 Å². The van der Waals surface area contributed by atoms with Gasteiger partial charge in [0.1, 0.15) is 5.76 Å². The lowest BCUT2D eigenvalue weighted by molar-refractivity contribution is 0.0563. The van der Waals surface area contributed by atoms with Gasteiger partial charge in [0.05, 0.1) is 18.6 Å². The second-order valence-electron chi connectivity index (χ2n) is 3.80. The highest BCUT2D eigenvalue weighted by atomic mass is 32.2. The molecule has 0 aliphatic rings. The van der Waals surface area contributed by atoms with Crippen molar-refractivity contribution < 1.29 is 13.9 Å². The zero-order chi connectivity index (χ0) is 13.1. The Morgan fingerprint density at radius 1 is 1.56 bits per heavy atom. The fourth-order valence-corrected chi connectivity index (χ4v) is 2.48. The number of hydrogen-bond donors (Lipinski definition) is 0. The lowest BCUT2D eigenvalue weighted by Gasteiger charge is -2.05. The van der Waals surface area contributed by atoms with E-state index in [-0.39, 0.29) is 11.0 Å². The van der Waals surface area contributed by atoms with Crippen LogP contribution in [0.25, 0.3) is 0 Å².